The molecule has 0 bridgehead atoms. The molecule has 7 atom stereocenters. The highest BCUT2D eigenvalue weighted by Gasteiger charge is 2.50. The summed E-state index contributed by atoms with van der Waals surface area (Å²) in [4.78, 5) is 71.5. The molecule has 5 amide bonds. The van der Waals surface area contributed by atoms with E-state index in [1.807, 2.05) is 65.0 Å². The smallest absolute Gasteiger partial charge is 0.408 e. The molecule has 0 radical (unpaired) electrons. The normalized spacial score (nSPS) is 19.9. The Morgan fingerprint density at radius 1 is 1.02 bits per heavy atom. The highest BCUT2D eigenvalue weighted by atomic mass is 16.6. The Labute approximate surface area is 328 Å². The maximum atomic E-state index is 14.3. The van der Waals surface area contributed by atoms with Crippen LogP contribution in [0.15, 0.2) is 30.3 Å². The van der Waals surface area contributed by atoms with Crippen LogP contribution in [0.25, 0.3) is 0 Å². The van der Waals surface area contributed by atoms with Crippen LogP contribution in [0.1, 0.15) is 86.6 Å². The van der Waals surface area contributed by atoms with Crippen LogP contribution in [0.4, 0.5) is 4.79 Å². The molecule has 0 spiro atoms. The van der Waals surface area contributed by atoms with Crippen LogP contribution in [-0.2, 0) is 44.5 Å². The zero-order chi connectivity index (χ0) is 41.1. The molecule has 2 aliphatic heterocycles. The molecular formula is C41H67N5O9. The third kappa shape index (κ3) is 12.1. The number of hydrogen-bond acceptors (Lipinski definition) is 9. The van der Waals surface area contributed by atoms with Crippen molar-refractivity contribution in [2.75, 3.05) is 47.6 Å². The molecule has 14 heteroatoms. The quantitative estimate of drug-likeness (QED) is 0.190. The number of ether oxygens (including phenoxy) is 4. The lowest BCUT2D eigenvalue weighted by Crippen LogP contribution is -2.72. The molecule has 0 aromatic heterocycles. The zero-order valence-corrected chi connectivity index (χ0v) is 34.9. The average molecular weight is 774 g/mol. The molecule has 3 N–H and O–H groups in total. The van der Waals surface area contributed by atoms with Crippen LogP contribution >= 0.6 is 0 Å². The number of nitrogens with one attached hydrogen (secondary N) is 3. The first-order chi connectivity index (χ1) is 25.9. The molecule has 3 rings (SSSR count). The molecule has 2 aliphatic rings. The van der Waals surface area contributed by atoms with Gasteiger partial charge in [-0.1, -0.05) is 71.4 Å². The van der Waals surface area contributed by atoms with Crippen LogP contribution in [0.2, 0.25) is 0 Å². The number of benzene rings is 1. The zero-order valence-electron chi connectivity index (χ0n) is 34.9. The van der Waals surface area contributed by atoms with Crippen molar-refractivity contribution in [3.8, 4) is 0 Å². The van der Waals surface area contributed by atoms with E-state index in [9.17, 15) is 24.0 Å². The summed E-state index contributed by atoms with van der Waals surface area (Å²) in [5, 5.41) is 8.57. The van der Waals surface area contributed by atoms with E-state index in [4.69, 9.17) is 18.9 Å². The Bertz CT molecular complexity index is 1430. The second kappa shape index (κ2) is 20.4. The first-order valence-corrected chi connectivity index (χ1v) is 19.7. The van der Waals surface area contributed by atoms with Gasteiger partial charge in [-0.25, -0.2) is 4.79 Å². The van der Waals surface area contributed by atoms with Crippen molar-refractivity contribution in [3.05, 3.63) is 35.9 Å². The lowest BCUT2D eigenvalue weighted by Gasteiger charge is -2.43. The Kier molecular flexibility index (Phi) is 16.9. The van der Waals surface area contributed by atoms with Crippen molar-refractivity contribution in [1.29, 1.82) is 0 Å². The van der Waals surface area contributed by atoms with Crippen LogP contribution in [0.3, 0.4) is 0 Å². The van der Waals surface area contributed by atoms with E-state index in [1.54, 1.807) is 44.7 Å². The maximum absolute atomic E-state index is 14.3. The van der Waals surface area contributed by atoms with Gasteiger partial charge in [-0.3, -0.25) is 19.2 Å². The van der Waals surface area contributed by atoms with E-state index in [-0.39, 0.29) is 55.2 Å². The lowest BCUT2D eigenvalue weighted by atomic mass is 9.89. The van der Waals surface area contributed by atoms with Crippen LogP contribution in [0.5, 0.6) is 0 Å². The van der Waals surface area contributed by atoms with Crippen molar-refractivity contribution in [3.63, 3.8) is 0 Å². The van der Waals surface area contributed by atoms with Gasteiger partial charge in [0.1, 0.15) is 11.6 Å². The first kappa shape index (κ1) is 45.6. The van der Waals surface area contributed by atoms with Gasteiger partial charge in [0, 0.05) is 34.4 Å². The molecule has 310 valence electrons. The number of rotatable bonds is 19. The second-order valence-electron chi connectivity index (χ2n) is 16.5. The van der Waals surface area contributed by atoms with Gasteiger partial charge in [-0.05, 0) is 57.4 Å². The standard InChI is InChI=1S/C41H67N5O9/c1-12-27(4)34(45(9)37(49)33(26(2)3)43-38(50)41(24-54-25-41)44-39(51)55-40(6,7)8)31(52-10)23-32(47)46-22-16-19-30(46)35(53-11)28(5)36(48)42-21-20-29-17-14-13-15-18-29/h13-15,17-18,26-28,30-31,33-35H,12,16,19-25H2,1-11H3,(H,42,48)(H,43,50)(H,44,51). The average Bonchev–Trinajstić information content (AvgIpc) is 3.60. The van der Waals surface area contributed by atoms with E-state index in [0.29, 0.717) is 32.4 Å². The molecule has 14 nitrogen and oxygen atoms in total. The Morgan fingerprint density at radius 2 is 1.67 bits per heavy atom. The van der Waals surface area contributed by atoms with Gasteiger partial charge in [0.05, 0.1) is 49.8 Å². The fourth-order valence-electron chi connectivity index (χ4n) is 7.52. The molecule has 1 aromatic rings. The molecule has 2 fully saturated rings. The Morgan fingerprint density at radius 3 is 2.20 bits per heavy atom. The number of methoxy groups -OCH3 is 2. The number of nitrogens with zero attached hydrogens (tertiary/aromatic N) is 2. The SMILES string of the molecule is CCC(C)C(C(CC(=O)N1CCCC1C(OC)C(C)C(=O)NCCc1ccccc1)OC)N(C)C(=O)C(NC(=O)C1(NC(=O)OC(C)(C)C)COC1)C(C)C. The number of carbonyl (C=O) groups excluding carboxylic acids is 5. The predicted octanol–water partition coefficient (Wildman–Crippen LogP) is 3.70. The summed E-state index contributed by atoms with van der Waals surface area (Å²) >= 11 is 0. The maximum Gasteiger partial charge on any atom is 0.408 e. The number of amides is 5. The Hall–Kier alpha value is -3.75. The molecule has 2 saturated heterocycles. The summed E-state index contributed by atoms with van der Waals surface area (Å²) in [5.41, 5.74) is -1.01. The summed E-state index contributed by atoms with van der Waals surface area (Å²) in [6.07, 6.45) is 0.953. The summed E-state index contributed by atoms with van der Waals surface area (Å²) in [5.74, 6) is -2.05. The number of likely N-dealkylation sites (N-methyl/N-ethyl adjacent to an activating group) is 1. The van der Waals surface area contributed by atoms with Gasteiger partial charge in [-0.2, -0.15) is 0 Å². The van der Waals surface area contributed by atoms with Gasteiger partial charge >= 0.3 is 6.09 Å². The second-order valence-corrected chi connectivity index (χ2v) is 16.5. The van der Waals surface area contributed by atoms with Crippen LogP contribution < -0.4 is 16.0 Å². The number of alkyl carbamates (subject to hydrolysis) is 1. The molecule has 2 heterocycles. The lowest BCUT2D eigenvalue weighted by molar-refractivity contribution is -0.153. The third-order valence-electron chi connectivity index (χ3n) is 10.9. The van der Waals surface area contributed by atoms with Crippen molar-refractivity contribution in [1.82, 2.24) is 25.8 Å². The number of hydrogen-bond donors (Lipinski definition) is 3. The van der Waals surface area contributed by atoms with Gasteiger partial charge in [0.15, 0.2) is 5.54 Å². The minimum Gasteiger partial charge on any atom is -0.444 e. The van der Waals surface area contributed by atoms with Gasteiger partial charge in [0.2, 0.25) is 17.7 Å². The van der Waals surface area contributed by atoms with Crippen molar-refractivity contribution in [2.45, 2.75) is 129 Å². The van der Waals surface area contributed by atoms with E-state index in [0.717, 1.165) is 12.0 Å². The minimum absolute atomic E-state index is 0.00662. The van der Waals surface area contributed by atoms with E-state index in [1.165, 1.54) is 7.11 Å². The fraction of sp³-hybridized carbons (Fsp3) is 0.732. The molecular weight excluding hydrogens is 706 g/mol. The number of likely N-dealkylation sites (tertiary alicyclic amines) is 1. The van der Waals surface area contributed by atoms with Crippen molar-refractivity contribution in [2.24, 2.45) is 17.8 Å². The van der Waals surface area contributed by atoms with Crippen molar-refractivity contribution < 1.29 is 42.9 Å². The van der Waals surface area contributed by atoms with Crippen LogP contribution in [0, 0.1) is 17.8 Å². The third-order valence-corrected chi connectivity index (χ3v) is 10.9. The molecule has 1 aromatic carbocycles. The minimum atomic E-state index is -1.38. The highest BCUT2D eigenvalue weighted by Crippen LogP contribution is 2.30. The van der Waals surface area contributed by atoms with Gasteiger partial charge < -0.3 is 44.7 Å². The molecule has 55 heavy (non-hydrogen) atoms. The summed E-state index contributed by atoms with van der Waals surface area (Å²) in [7, 11) is 4.79. The highest BCUT2D eigenvalue weighted by molar-refractivity contribution is 5.95. The van der Waals surface area contributed by atoms with Crippen molar-refractivity contribution >= 4 is 29.7 Å². The summed E-state index contributed by atoms with van der Waals surface area (Å²) < 4.78 is 22.6. The monoisotopic (exact) mass is 773 g/mol. The summed E-state index contributed by atoms with van der Waals surface area (Å²) in [6, 6.07) is 8.19. The fourth-order valence-corrected chi connectivity index (χ4v) is 7.52. The summed E-state index contributed by atoms with van der Waals surface area (Å²) in [6.45, 7) is 15.6. The van der Waals surface area contributed by atoms with Crippen LogP contribution in [-0.4, -0.2) is 129 Å². The topological polar surface area (TPSA) is 165 Å². The molecule has 7 unspecified atom stereocenters. The van der Waals surface area contributed by atoms with E-state index in [2.05, 4.69) is 16.0 Å². The van der Waals surface area contributed by atoms with E-state index < -0.39 is 53.3 Å². The molecule has 0 aliphatic carbocycles. The van der Waals surface area contributed by atoms with E-state index >= 15 is 0 Å². The largest absolute Gasteiger partial charge is 0.444 e. The Balaban J connectivity index is 1.73. The predicted molar refractivity (Wildman–Crippen MR) is 209 cm³/mol. The van der Waals surface area contributed by atoms with Gasteiger partial charge in [0.25, 0.3) is 5.91 Å². The molecule has 0 saturated carbocycles. The van der Waals surface area contributed by atoms with Gasteiger partial charge in [-0.15, -0.1) is 0 Å². The number of carbonyl (C=O) groups is 5. The first-order valence-electron chi connectivity index (χ1n) is 19.7.